The molecule has 5 rings (SSSR count). The zero-order chi connectivity index (χ0) is 33.6. The molecule has 1 spiro atoms. The number of rotatable bonds is 10. The second-order valence-electron chi connectivity index (χ2n) is 10.6. The molecule has 1 aliphatic carbocycles. The van der Waals surface area contributed by atoms with E-state index in [1.54, 1.807) is 12.1 Å². The molecule has 46 heavy (non-hydrogen) atoms. The maximum absolute atomic E-state index is 13.2. The number of halogens is 4. The van der Waals surface area contributed by atoms with Crippen LogP contribution in [0.2, 0.25) is 0 Å². The Morgan fingerprint density at radius 3 is 2.26 bits per heavy atom. The highest BCUT2D eigenvalue weighted by Crippen LogP contribution is 2.47. The molecule has 2 amide bonds. The molecule has 3 aromatic rings. The SMILES string of the molecule is NC1=N[C@]2(C(=NCCS(=O)(=O)O)N1)[C@H](CNC(=O)c1cc(Br)c(Br)[nH]1)Cc1[nH]c(N)[nH+]c1[C@@H]2[C@@H](O)CNC(=O)c1cc(Br)c(Br)[nH]1. The predicted octanol–water partition coefficient (Wildman–Crippen LogP) is 0.537. The highest BCUT2D eigenvalue weighted by molar-refractivity contribution is 9.13. The summed E-state index contributed by atoms with van der Waals surface area (Å²) in [5.74, 6) is -3.09. The zero-order valence-electron chi connectivity index (χ0n) is 23.4. The molecule has 13 N–H and O–H groups in total. The fourth-order valence-electron chi connectivity index (χ4n) is 5.71. The third kappa shape index (κ3) is 7.06. The summed E-state index contributed by atoms with van der Waals surface area (Å²) in [5.41, 5.74) is 12.3. The Labute approximate surface area is 294 Å². The number of nitrogens with two attached hydrogens (primary N) is 2. The number of hydrogen-bond donors (Lipinski definition) is 10. The first-order valence-corrected chi connectivity index (χ1v) is 18.2. The van der Waals surface area contributed by atoms with E-state index >= 15 is 0 Å². The number of fused-ring (bicyclic) bond motifs is 1. The van der Waals surface area contributed by atoms with Crippen LogP contribution in [0, 0.1) is 5.92 Å². The van der Waals surface area contributed by atoms with Crippen LogP contribution in [0.25, 0.3) is 0 Å². The van der Waals surface area contributed by atoms with Crippen molar-refractivity contribution in [1.29, 1.82) is 0 Å². The number of H-pyrrole nitrogens is 4. The summed E-state index contributed by atoms with van der Waals surface area (Å²) in [6, 6.07) is 3.17. The van der Waals surface area contributed by atoms with Crippen LogP contribution in [0.5, 0.6) is 0 Å². The van der Waals surface area contributed by atoms with Crippen LogP contribution >= 0.6 is 63.7 Å². The normalized spacial score (nSPS) is 22.4. The minimum atomic E-state index is -4.37. The molecule has 17 nitrogen and oxygen atoms in total. The number of nitrogen functional groups attached to an aromatic ring is 1. The van der Waals surface area contributed by atoms with Crippen LogP contribution < -0.4 is 32.4 Å². The number of nitrogens with zero attached hydrogens (tertiary/aromatic N) is 2. The van der Waals surface area contributed by atoms with E-state index < -0.39 is 51.2 Å². The van der Waals surface area contributed by atoms with Crippen molar-refractivity contribution in [3.05, 3.63) is 53.1 Å². The lowest BCUT2D eigenvalue weighted by atomic mass is 9.64. The van der Waals surface area contributed by atoms with E-state index in [0.29, 0.717) is 29.5 Å². The van der Waals surface area contributed by atoms with Gasteiger partial charge in [-0.25, -0.2) is 15.0 Å². The first-order chi connectivity index (χ1) is 21.6. The highest BCUT2D eigenvalue weighted by atomic mass is 79.9. The number of nitrogens with one attached hydrogen (secondary N) is 7. The number of carbonyl (C=O) groups is 2. The Morgan fingerprint density at radius 1 is 1.09 bits per heavy atom. The van der Waals surface area contributed by atoms with Crippen molar-refractivity contribution in [3.63, 3.8) is 0 Å². The quantitative estimate of drug-likeness (QED) is 0.127. The number of guanidine groups is 1. The summed E-state index contributed by atoms with van der Waals surface area (Å²) in [7, 11) is -4.37. The molecule has 2 aliphatic rings. The van der Waals surface area contributed by atoms with Crippen molar-refractivity contribution in [2.45, 2.75) is 24.0 Å². The molecule has 248 valence electrons. The van der Waals surface area contributed by atoms with Crippen molar-refractivity contribution in [2.24, 2.45) is 21.6 Å². The average Bonchev–Trinajstić information content (AvgIpc) is 3.70. The van der Waals surface area contributed by atoms with Crippen molar-refractivity contribution < 1.29 is 32.7 Å². The number of carbonyl (C=O) groups excluding carboxylic acids is 2. The fourth-order valence-corrected chi connectivity index (χ4v) is 7.35. The van der Waals surface area contributed by atoms with Gasteiger partial charge in [0.1, 0.15) is 34.2 Å². The van der Waals surface area contributed by atoms with Gasteiger partial charge in [0.25, 0.3) is 21.9 Å². The first kappa shape index (κ1) is 34.6. The van der Waals surface area contributed by atoms with Gasteiger partial charge in [-0.3, -0.25) is 24.9 Å². The lowest BCUT2D eigenvalue weighted by Crippen LogP contribution is -2.61. The van der Waals surface area contributed by atoms with Gasteiger partial charge in [-0.15, -0.1) is 0 Å². The number of aromatic amines is 4. The third-order valence-corrected chi connectivity index (χ3v) is 11.9. The molecule has 0 fully saturated rings. The predicted molar refractivity (Wildman–Crippen MR) is 181 cm³/mol. The van der Waals surface area contributed by atoms with E-state index in [4.69, 9.17) is 16.5 Å². The molecule has 0 radical (unpaired) electrons. The molecule has 4 atom stereocenters. The first-order valence-electron chi connectivity index (χ1n) is 13.4. The number of amidine groups is 1. The number of hydrogen-bond acceptors (Lipinski definition) is 9. The maximum atomic E-state index is 13.2. The van der Waals surface area contributed by atoms with E-state index in [0.717, 1.165) is 0 Å². The maximum Gasteiger partial charge on any atom is 0.350 e. The summed E-state index contributed by atoms with van der Waals surface area (Å²) < 4.78 is 34.8. The van der Waals surface area contributed by atoms with E-state index in [1.165, 1.54) is 0 Å². The Hall–Kier alpha value is -2.76. The summed E-state index contributed by atoms with van der Waals surface area (Å²) in [5, 5.41) is 20.3. The Kier molecular flexibility index (Phi) is 10.1. The number of amides is 2. The molecule has 0 aromatic carbocycles. The van der Waals surface area contributed by atoms with Gasteiger partial charge in [0.05, 0.1) is 42.5 Å². The molecule has 22 heteroatoms. The van der Waals surface area contributed by atoms with Gasteiger partial charge < -0.3 is 36.8 Å². The standard InChI is InChI=1S/C24H27Br4N11O6S/c25-9-4-12(34-17(9)27)19(41)32-6-8-3-11-16(37-22(29)36-11)15(14(40)7-33-20(42)13-5-10(26)18(28)35-13)24(8)21(38-23(30)39-24)31-1-2-46(43,44)45/h4-5,8,14-15,34-35,40H,1-3,6-7H2,(H,32,41)(H,33,42)(H3,29,36,37)(H,43,44,45)(H3,30,31,38,39)/p+1/t8-,14-,15-,24+/m0/s1. The molecule has 0 unspecified atom stereocenters. The van der Waals surface area contributed by atoms with Crippen LogP contribution in [-0.2, 0) is 16.5 Å². The van der Waals surface area contributed by atoms with Crippen LogP contribution in [0.3, 0.4) is 0 Å². The number of aliphatic hydroxyl groups is 1. The van der Waals surface area contributed by atoms with E-state index in [-0.39, 0.29) is 55.2 Å². The lowest BCUT2D eigenvalue weighted by molar-refractivity contribution is -0.377. The number of aliphatic hydroxyl groups excluding tert-OH is 1. The number of imidazole rings is 1. The summed E-state index contributed by atoms with van der Waals surface area (Å²) in [4.78, 5) is 47.2. The van der Waals surface area contributed by atoms with Crippen molar-refractivity contribution in [3.8, 4) is 0 Å². The van der Waals surface area contributed by atoms with Crippen LogP contribution in [0.4, 0.5) is 5.95 Å². The van der Waals surface area contributed by atoms with Crippen molar-refractivity contribution in [1.82, 2.24) is 30.9 Å². The van der Waals surface area contributed by atoms with Gasteiger partial charge in [0.15, 0.2) is 5.96 Å². The molecular formula is C24H28Br4N11O6S+. The van der Waals surface area contributed by atoms with Crippen LogP contribution in [0.15, 0.2) is 40.3 Å². The fraction of sp³-hybridized carbons (Fsp3) is 0.375. The molecule has 0 bridgehead atoms. The monoisotopic (exact) mass is 914 g/mol. The largest absolute Gasteiger partial charge is 0.390 e. The summed E-state index contributed by atoms with van der Waals surface area (Å²) in [6.07, 6.45) is -1.12. The summed E-state index contributed by atoms with van der Waals surface area (Å²) in [6.45, 7) is -0.645. The van der Waals surface area contributed by atoms with Crippen LogP contribution in [0.1, 0.15) is 38.3 Å². The Morgan fingerprint density at radius 2 is 1.70 bits per heavy atom. The van der Waals surface area contributed by atoms with Gasteiger partial charge in [-0.1, -0.05) is 0 Å². The number of aromatic nitrogens is 4. The topological polar surface area (TPSA) is 283 Å². The van der Waals surface area contributed by atoms with Gasteiger partial charge >= 0.3 is 5.95 Å². The minimum Gasteiger partial charge on any atom is -0.390 e. The Bertz CT molecular complexity index is 1820. The number of anilines is 1. The molecule has 4 heterocycles. The van der Waals surface area contributed by atoms with E-state index in [9.17, 15) is 27.7 Å². The van der Waals surface area contributed by atoms with Gasteiger partial charge in [-0.05, 0) is 75.9 Å². The smallest absolute Gasteiger partial charge is 0.350 e. The number of aliphatic imine (C=N–C) groups is 2. The average molecular weight is 918 g/mol. The van der Waals surface area contributed by atoms with Crippen molar-refractivity contribution >= 4 is 103 Å². The third-order valence-electron chi connectivity index (χ3n) is 7.59. The Balaban J connectivity index is 1.54. The van der Waals surface area contributed by atoms with Crippen molar-refractivity contribution in [2.75, 3.05) is 31.1 Å². The van der Waals surface area contributed by atoms with Gasteiger partial charge in [0, 0.05) is 25.4 Å². The second kappa shape index (κ2) is 13.4. The van der Waals surface area contributed by atoms with Crippen LogP contribution in [-0.4, -0.2) is 93.7 Å². The van der Waals surface area contributed by atoms with Gasteiger partial charge in [0.2, 0.25) is 0 Å². The zero-order valence-corrected chi connectivity index (χ0v) is 30.6. The van der Waals surface area contributed by atoms with Gasteiger partial charge in [-0.2, -0.15) is 8.42 Å². The van der Waals surface area contributed by atoms with E-state index in [2.05, 4.69) is 105 Å². The molecule has 0 saturated carbocycles. The highest BCUT2D eigenvalue weighted by Gasteiger charge is 2.61. The lowest BCUT2D eigenvalue weighted by Gasteiger charge is -2.44. The molecular weight excluding hydrogens is 890 g/mol. The second-order valence-corrected chi connectivity index (χ2v) is 15.4. The molecule has 3 aromatic heterocycles. The molecule has 1 aliphatic heterocycles. The van der Waals surface area contributed by atoms with E-state index in [1.807, 2.05) is 0 Å². The summed E-state index contributed by atoms with van der Waals surface area (Å²) >= 11 is 13.3. The molecule has 0 saturated heterocycles. The minimum absolute atomic E-state index is 0.0126.